The molecule has 3 heterocycles. The molecule has 0 radical (unpaired) electrons. The number of nitrogens with zero attached hydrogens (tertiary/aromatic N) is 3. The third-order valence-corrected chi connectivity index (χ3v) is 9.77. The minimum absolute atomic E-state index is 0.0251. The van der Waals surface area contributed by atoms with Gasteiger partial charge in [-0.3, -0.25) is 4.99 Å². The molecule has 1 saturated carbocycles. The number of hydrogen-bond acceptors (Lipinski definition) is 8. The van der Waals surface area contributed by atoms with Crippen molar-refractivity contribution in [2.24, 2.45) is 10.9 Å². The van der Waals surface area contributed by atoms with Crippen molar-refractivity contribution in [3.63, 3.8) is 0 Å². The molecule has 1 aromatic heterocycles. The highest BCUT2D eigenvalue weighted by Gasteiger charge is 2.43. The Bertz CT molecular complexity index is 1260. The lowest BCUT2D eigenvalue weighted by molar-refractivity contribution is -0.0719. The maximum Gasteiger partial charge on any atom is 0.214 e. The maximum atomic E-state index is 13.9. The predicted molar refractivity (Wildman–Crippen MR) is 135 cm³/mol. The third kappa shape index (κ3) is 5.09. The molecule has 35 heavy (non-hydrogen) atoms. The predicted octanol–water partition coefficient (Wildman–Crippen LogP) is 3.56. The summed E-state index contributed by atoms with van der Waals surface area (Å²) in [6.07, 6.45) is 2.43. The van der Waals surface area contributed by atoms with Crippen LogP contribution in [0.4, 0.5) is 4.39 Å². The fourth-order valence-corrected chi connectivity index (χ4v) is 7.25. The van der Waals surface area contributed by atoms with Crippen LogP contribution in [-0.2, 0) is 14.8 Å². The van der Waals surface area contributed by atoms with Crippen LogP contribution >= 0.6 is 27.3 Å². The minimum Gasteiger partial charge on any atom is -0.364 e. The number of sulfonamides is 1. The van der Waals surface area contributed by atoms with E-state index in [4.69, 9.17) is 9.73 Å². The van der Waals surface area contributed by atoms with E-state index in [0.29, 0.717) is 60.4 Å². The highest BCUT2D eigenvalue weighted by molar-refractivity contribution is 9.10. The number of rotatable bonds is 9. The van der Waals surface area contributed by atoms with Crippen molar-refractivity contribution in [2.75, 3.05) is 19.7 Å². The van der Waals surface area contributed by atoms with Gasteiger partial charge >= 0.3 is 0 Å². The van der Waals surface area contributed by atoms with Gasteiger partial charge in [0.1, 0.15) is 11.9 Å². The quantitative estimate of drug-likeness (QED) is 0.437. The van der Waals surface area contributed by atoms with Gasteiger partial charge in [0.05, 0.1) is 5.25 Å². The first kappa shape index (κ1) is 25.0. The van der Waals surface area contributed by atoms with E-state index in [-0.39, 0.29) is 17.0 Å². The molecular weight excluding hydrogens is 559 g/mol. The number of fused-ring (bicyclic) bond motifs is 1. The van der Waals surface area contributed by atoms with E-state index in [0.717, 1.165) is 10.7 Å². The Hall–Kier alpha value is -1.70. The van der Waals surface area contributed by atoms with Gasteiger partial charge in [-0.2, -0.15) is 0 Å². The minimum atomic E-state index is -3.31. The lowest BCUT2D eigenvalue weighted by Gasteiger charge is -2.34. The second-order valence-electron chi connectivity index (χ2n) is 8.84. The normalized spacial score (nSPS) is 23.4. The number of aliphatic hydroxyl groups is 1. The molecule has 1 saturated heterocycles. The Morgan fingerprint density at radius 1 is 1.40 bits per heavy atom. The van der Waals surface area contributed by atoms with Crippen LogP contribution < -0.4 is 4.72 Å². The lowest BCUT2D eigenvalue weighted by Crippen LogP contribution is -2.37. The summed E-state index contributed by atoms with van der Waals surface area (Å²) in [5.41, 5.74) is 2.11. The van der Waals surface area contributed by atoms with Gasteiger partial charge < -0.3 is 14.7 Å². The molecule has 0 bridgehead atoms. The molecule has 3 atom stereocenters. The molecule has 12 heteroatoms. The zero-order valence-electron chi connectivity index (χ0n) is 19.0. The zero-order valence-corrected chi connectivity index (χ0v) is 22.2. The number of thiazole rings is 1. The van der Waals surface area contributed by atoms with Crippen molar-refractivity contribution >= 4 is 43.1 Å². The van der Waals surface area contributed by atoms with Crippen molar-refractivity contribution in [3.05, 3.63) is 61.9 Å². The van der Waals surface area contributed by atoms with Crippen molar-refractivity contribution < 1.29 is 22.7 Å². The average Bonchev–Trinajstić information content (AvgIpc) is 3.38. The molecule has 2 N–H and O–H groups in total. The van der Waals surface area contributed by atoms with Crippen LogP contribution in [0.25, 0.3) is 0 Å². The van der Waals surface area contributed by atoms with Crippen LogP contribution in [0, 0.1) is 11.7 Å². The van der Waals surface area contributed by atoms with Gasteiger partial charge in [-0.1, -0.05) is 22.0 Å². The molecule has 0 amide bonds. The molecule has 3 aliphatic rings. The highest BCUT2D eigenvalue weighted by Crippen LogP contribution is 2.44. The second kappa shape index (κ2) is 9.98. The number of aliphatic hydroxyl groups excluding tert-OH is 1. The number of halogens is 2. The molecule has 2 fully saturated rings. The van der Waals surface area contributed by atoms with E-state index in [2.05, 4.69) is 25.6 Å². The van der Waals surface area contributed by atoms with Crippen molar-refractivity contribution in [1.82, 2.24) is 14.6 Å². The van der Waals surface area contributed by atoms with E-state index in [9.17, 15) is 17.9 Å². The number of hydrogen-bond donors (Lipinski definition) is 2. The van der Waals surface area contributed by atoms with Crippen molar-refractivity contribution in [2.45, 2.75) is 43.8 Å². The smallest absolute Gasteiger partial charge is 0.214 e. The van der Waals surface area contributed by atoms with E-state index in [1.54, 1.807) is 19.2 Å². The molecular formula is C23H26BrFN4O4S2. The van der Waals surface area contributed by atoms with Crippen LogP contribution in [0.2, 0.25) is 0 Å². The molecule has 0 spiro atoms. The SMILES string of the molecule is CCOC(O)C1=C2C[C@H](CNS(=O)(=O)C3CC3)CN2C(c2nccs2)=N[C@H]1c1ccc(F)cc1Br. The van der Waals surface area contributed by atoms with Gasteiger partial charge in [0.2, 0.25) is 10.0 Å². The van der Waals surface area contributed by atoms with Crippen LogP contribution in [0.3, 0.4) is 0 Å². The van der Waals surface area contributed by atoms with Gasteiger partial charge in [0.25, 0.3) is 0 Å². The van der Waals surface area contributed by atoms with Crippen LogP contribution in [-0.4, -0.2) is 60.5 Å². The van der Waals surface area contributed by atoms with E-state index in [1.165, 1.54) is 23.5 Å². The van der Waals surface area contributed by atoms with Crippen LogP contribution in [0.1, 0.15) is 42.8 Å². The standard InChI is InChI=1S/C23H26BrFN4O4S2/c1-2-33-23(30)19-18-9-13(11-27-35(31,32)15-4-5-15)12-29(18)21(22-26-7-8-34-22)28-20(19)16-6-3-14(25)10-17(16)24/h3,6-8,10,13,15,20,23,27,30H,2,4-5,9,11-12H2,1H3/t13-,20+,23?/m1/s1. The van der Waals surface area contributed by atoms with E-state index >= 15 is 0 Å². The summed E-state index contributed by atoms with van der Waals surface area (Å²) in [5.74, 6) is 0.241. The highest BCUT2D eigenvalue weighted by atomic mass is 79.9. The molecule has 1 aromatic carbocycles. The van der Waals surface area contributed by atoms with Crippen LogP contribution in [0.15, 0.2) is 50.5 Å². The number of aromatic nitrogens is 1. The fourth-order valence-electron chi connectivity index (χ4n) is 4.58. The monoisotopic (exact) mass is 584 g/mol. The molecule has 188 valence electrons. The largest absolute Gasteiger partial charge is 0.364 e. The van der Waals surface area contributed by atoms with Gasteiger partial charge in [-0.15, -0.1) is 11.3 Å². The summed E-state index contributed by atoms with van der Waals surface area (Å²) in [6.45, 7) is 2.92. The fraction of sp³-hybridized carbons (Fsp3) is 0.478. The Labute approximate surface area is 216 Å². The third-order valence-electron chi connectivity index (χ3n) is 6.39. The number of ether oxygens (including phenoxy) is 1. The Morgan fingerprint density at radius 3 is 2.86 bits per heavy atom. The van der Waals surface area contributed by atoms with Gasteiger partial charge in [-0.25, -0.2) is 22.5 Å². The molecule has 1 unspecified atom stereocenters. The zero-order chi connectivity index (χ0) is 24.7. The summed E-state index contributed by atoms with van der Waals surface area (Å²) in [6, 6.07) is 3.76. The summed E-state index contributed by atoms with van der Waals surface area (Å²) in [4.78, 5) is 11.5. The van der Waals surface area contributed by atoms with Crippen molar-refractivity contribution in [1.29, 1.82) is 0 Å². The Morgan fingerprint density at radius 2 is 2.20 bits per heavy atom. The summed E-state index contributed by atoms with van der Waals surface area (Å²) >= 11 is 4.91. The summed E-state index contributed by atoms with van der Waals surface area (Å²) < 4.78 is 47.6. The molecule has 2 aliphatic heterocycles. The lowest BCUT2D eigenvalue weighted by atomic mass is 9.93. The molecule has 2 aromatic rings. The summed E-state index contributed by atoms with van der Waals surface area (Å²) in [5, 5.41) is 13.4. The number of allylic oxidation sites excluding steroid dienone is 1. The van der Waals surface area contributed by atoms with Crippen LogP contribution in [0.5, 0.6) is 0 Å². The van der Waals surface area contributed by atoms with E-state index < -0.39 is 22.4 Å². The molecule has 8 nitrogen and oxygen atoms in total. The number of nitrogens with one attached hydrogen (secondary N) is 1. The molecule has 1 aliphatic carbocycles. The summed E-state index contributed by atoms with van der Waals surface area (Å²) in [7, 11) is -3.31. The first-order chi connectivity index (χ1) is 16.8. The molecule has 5 rings (SSSR count). The topological polar surface area (TPSA) is 104 Å². The number of aliphatic imine (C=N–C) groups is 1. The van der Waals surface area contributed by atoms with Gasteiger partial charge in [0.15, 0.2) is 17.1 Å². The first-order valence-electron chi connectivity index (χ1n) is 11.5. The number of benzene rings is 1. The Kier molecular flexibility index (Phi) is 7.12. The average molecular weight is 586 g/mol. The van der Waals surface area contributed by atoms with Gasteiger partial charge in [0, 0.05) is 47.0 Å². The second-order valence-corrected chi connectivity index (χ2v) is 12.6. The van der Waals surface area contributed by atoms with Crippen molar-refractivity contribution in [3.8, 4) is 0 Å². The first-order valence-corrected chi connectivity index (χ1v) is 14.7. The van der Waals surface area contributed by atoms with E-state index in [1.807, 2.05) is 10.3 Å². The number of amidine groups is 1. The maximum absolute atomic E-state index is 13.9. The van der Waals surface area contributed by atoms with Gasteiger partial charge in [-0.05, 0) is 49.8 Å². The Balaban J connectivity index is 1.56.